The zero-order valence-corrected chi connectivity index (χ0v) is 12.9. The average molecular weight is 331 g/mol. The zero-order chi connectivity index (χ0) is 13.8. The van der Waals surface area contributed by atoms with Gasteiger partial charge < -0.3 is 10.1 Å². The number of nitrogens with zero attached hydrogens (tertiary/aromatic N) is 1. The molecule has 2 rings (SSSR count). The van der Waals surface area contributed by atoms with Crippen LogP contribution in [0.1, 0.15) is 18.5 Å². The van der Waals surface area contributed by atoms with Gasteiger partial charge in [0.2, 0.25) is 0 Å². The number of morpholine rings is 1. The summed E-state index contributed by atoms with van der Waals surface area (Å²) < 4.78 is 19.5. The summed E-state index contributed by atoms with van der Waals surface area (Å²) in [5.41, 5.74) is 1.10. The molecular formula is C14H20BrFN2O. The Morgan fingerprint density at radius 2 is 2.37 bits per heavy atom. The van der Waals surface area contributed by atoms with Crippen LogP contribution < -0.4 is 5.32 Å². The molecule has 2 unspecified atom stereocenters. The summed E-state index contributed by atoms with van der Waals surface area (Å²) in [5, 5.41) is 3.33. The van der Waals surface area contributed by atoms with Crippen LogP contribution in [0.15, 0.2) is 22.7 Å². The SMILES string of the molecule is CC(c1ccc(F)c(Br)c1)N(C)CC1CNCCO1. The van der Waals surface area contributed by atoms with E-state index in [1.54, 1.807) is 0 Å². The Hall–Kier alpha value is -0.490. The molecule has 1 aliphatic heterocycles. The van der Waals surface area contributed by atoms with E-state index in [4.69, 9.17) is 4.74 Å². The summed E-state index contributed by atoms with van der Waals surface area (Å²) in [6.45, 7) is 5.58. The minimum atomic E-state index is -0.224. The summed E-state index contributed by atoms with van der Waals surface area (Å²) >= 11 is 3.23. The van der Waals surface area contributed by atoms with Crippen LogP contribution in [0.3, 0.4) is 0 Å². The summed E-state index contributed by atoms with van der Waals surface area (Å²) in [6, 6.07) is 5.41. The molecule has 1 fully saturated rings. The molecule has 0 spiro atoms. The standard InChI is InChI=1S/C14H20BrFN2O/c1-10(11-3-4-14(16)13(15)7-11)18(2)9-12-8-17-5-6-19-12/h3-4,7,10,12,17H,5-6,8-9H2,1-2H3. The first-order chi connectivity index (χ1) is 9.08. The predicted molar refractivity (Wildman–Crippen MR) is 77.8 cm³/mol. The maximum atomic E-state index is 13.2. The minimum absolute atomic E-state index is 0.224. The first-order valence-electron chi connectivity index (χ1n) is 6.55. The molecule has 0 aromatic heterocycles. The van der Waals surface area contributed by atoms with Crippen LogP contribution in [0.2, 0.25) is 0 Å². The van der Waals surface area contributed by atoms with Crippen LogP contribution in [0, 0.1) is 5.82 Å². The van der Waals surface area contributed by atoms with Crippen molar-refractivity contribution >= 4 is 15.9 Å². The zero-order valence-electron chi connectivity index (χ0n) is 11.3. The largest absolute Gasteiger partial charge is 0.374 e. The number of hydrogen-bond acceptors (Lipinski definition) is 3. The van der Waals surface area contributed by atoms with Crippen LogP contribution in [0.25, 0.3) is 0 Å². The molecule has 106 valence electrons. The van der Waals surface area contributed by atoms with Crippen LogP contribution in [0.5, 0.6) is 0 Å². The molecule has 5 heteroatoms. The molecular weight excluding hydrogens is 311 g/mol. The summed E-state index contributed by atoms with van der Waals surface area (Å²) in [7, 11) is 2.07. The highest BCUT2D eigenvalue weighted by Gasteiger charge is 2.19. The lowest BCUT2D eigenvalue weighted by atomic mass is 10.1. The van der Waals surface area contributed by atoms with Crippen molar-refractivity contribution in [2.75, 3.05) is 33.3 Å². The van der Waals surface area contributed by atoms with E-state index in [9.17, 15) is 4.39 Å². The quantitative estimate of drug-likeness (QED) is 0.918. The van der Waals surface area contributed by atoms with Crippen molar-refractivity contribution in [1.29, 1.82) is 0 Å². The highest BCUT2D eigenvalue weighted by atomic mass is 79.9. The first kappa shape index (κ1) is 14.9. The molecule has 0 aliphatic carbocycles. The summed E-state index contributed by atoms with van der Waals surface area (Å²) in [5.74, 6) is -0.224. The number of rotatable bonds is 4. The molecule has 1 aromatic rings. The number of nitrogens with one attached hydrogen (secondary N) is 1. The van der Waals surface area contributed by atoms with Gasteiger partial charge in [-0.2, -0.15) is 0 Å². The van der Waals surface area contributed by atoms with Gasteiger partial charge in [-0.15, -0.1) is 0 Å². The van der Waals surface area contributed by atoms with E-state index >= 15 is 0 Å². The molecule has 1 saturated heterocycles. The monoisotopic (exact) mass is 330 g/mol. The molecule has 1 aliphatic rings. The lowest BCUT2D eigenvalue weighted by Gasteiger charge is -2.31. The van der Waals surface area contributed by atoms with Gasteiger partial charge in [0.05, 0.1) is 17.2 Å². The van der Waals surface area contributed by atoms with Crippen molar-refractivity contribution in [2.24, 2.45) is 0 Å². The van der Waals surface area contributed by atoms with E-state index in [2.05, 4.69) is 40.1 Å². The lowest BCUT2D eigenvalue weighted by Crippen LogP contribution is -2.44. The second-order valence-electron chi connectivity index (χ2n) is 4.99. The van der Waals surface area contributed by atoms with E-state index in [1.807, 2.05) is 12.1 Å². The van der Waals surface area contributed by atoms with Crippen molar-refractivity contribution in [3.63, 3.8) is 0 Å². The maximum absolute atomic E-state index is 13.2. The van der Waals surface area contributed by atoms with Gasteiger partial charge in [0, 0.05) is 25.7 Å². The van der Waals surface area contributed by atoms with Gasteiger partial charge in [-0.05, 0) is 47.6 Å². The first-order valence-corrected chi connectivity index (χ1v) is 7.34. The van der Waals surface area contributed by atoms with Gasteiger partial charge in [-0.25, -0.2) is 4.39 Å². The molecule has 0 radical (unpaired) electrons. The Balaban J connectivity index is 1.97. The van der Waals surface area contributed by atoms with E-state index in [0.717, 1.165) is 31.8 Å². The number of ether oxygens (including phenoxy) is 1. The van der Waals surface area contributed by atoms with Gasteiger partial charge in [0.15, 0.2) is 0 Å². The predicted octanol–water partition coefficient (Wildman–Crippen LogP) is 2.57. The van der Waals surface area contributed by atoms with E-state index in [1.165, 1.54) is 6.07 Å². The molecule has 1 N–H and O–H groups in total. The highest BCUT2D eigenvalue weighted by Crippen LogP contribution is 2.24. The van der Waals surface area contributed by atoms with Crippen LogP contribution >= 0.6 is 15.9 Å². The van der Waals surface area contributed by atoms with Crippen molar-refractivity contribution < 1.29 is 9.13 Å². The minimum Gasteiger partial charge on any atom is -0.374 e. The Labute approximate surface area is 122 Å². The highest BCUT2D eigenvalue weighted by molar-refractivity contribution is 9.10. The van der Waals surface area contributed by atoms with Gasteiger partial charge >= 0.3 is 0 Å². The van der Waals surface area contributed by atoms with Crippen LogP contribution in [0.4, 0.5) is 4.39 Å². The fourth-order valence-corrected chi connectivity index (χ4v) is 2.64. The molecule has 19 heavy (non-hydrogen) atoms. The number of halogens is 2. The van der Waals surface area contributed by atoms with Gasteiger partial charge in [0.25, 0.3) is 0 Å². The molecule has 2 atom stereocenters. The molecule has 1 heterocycles. The fourth-order valence-electron chi connectivity index (χ4n) is 2.24. The third kappa shape index (κ3) is 3.99. The van der Waals surface area contributed by atoms with Crippen molar-refractivity contribution in [2.45, 2.75) is 19.1 Å². The van der Waals surface area contributed by atoms with Gasteiger partial charge in [0.1, 0.15) is 5.82 Å². The topological polar surface area (TPSA) is 24.5 Å². The molecule has 0 saturated carbocycles. The number of likely N-dealkylation sites (N-methyl/N-ethyl adjacent to an activating group) is 1. The lowest BCUT2D eigenvalue weighted by molar-refractivity contribution is 0.00392. The van der Waals surface area contributed by atoms with Crippen molar-refractivity contribution in [3.05, 3.63) is 34.1 Å². The molecule has 1 aromatic carbocycles. The normalized spacial score (nSPS) is 21.6. The maximum Gasteiger partial charge on any atom is 0.137 e. The van der Waals surface area contributed by atoms with Gasteiger partial charge in [-0.3, -0.25) is 4.90 Å². The third-order valence-electron chi connectivity index (χ3n) is 3.58. The summed E-state index contributed by atoms with van der Waals surface area (Å²) in [6.07, 6.45) is 0.227. The Kier molecular flexibility index (Phi) is 5.33. The Morgan fingerprint density at radius 3 is 3.00 bits per heavy atom. The fraction of sp³-hybridized carbons (Fsp3) is 0.571. The van der Waals surface area contributed by atoms with E-state index in [-0.39, 0.29) is 18.0 Å². The Morgan fingerprint density at radius 1 is 1.58 bits per heavy atom. The molecule has 0 bridgehead atoms. The molecule has 0 amide bonds. The Bertz CT molecular complexity index is 424. The van der Waals surface area contributed by atoms with Crippen molar-refractivity contribution in [1.82, 2.24) is 10.2 Å². The second kappa shape index (κ2) is 6.79. The average Bonchev–Trinajstić information content (AvgIpc) is 2.42. The smallest absolute Gasteiger partial charge is 0.137 e. The second-order valence-corrected chi connectivity index (χ2v) is 5.84. The van der Waals surface area contributed by atoms with E-state index in [0.29, 0.717) is 4.47 Å². The third-order valence-corrected chi connectivity index (χ3v) is 4.19. The molecule has 3 nitrogen and oxygen atoms in total. The van der Waals surface area contributed by atoms with Crippen molar-refractivity contribution in [3.8, 4) is 0 Å². The number of hydrogen-bond donors (Lipinski definition) is 1. The number of benzene rings is 1. The summed E-state index contributed by atoms with van der Waals surface area (Å²) in [4.78, 5) is 2.23. The van der Waals surface area contributed by atoms with Crippen LogP contribution in [-0.2, 0) is 4.74 Å². The van der Waals surface area contributed by atoms with Crippen LogP contribution in [-0.4, -0.2) is 44.3 Å². The van der Waals surface area contributed by atoms with E-state index < -0.39 is 0 Å². The van der Waals surface area contributed by atoms with Gasteiger partial charge in [-0.1, -0.05) is 6.07 Å².